The summed E-state index contributed by atoms with van der Waals surface area (Å²) in [6.45, 7) is 3.68. The van der Waals surface area contributed by atoms with Gasteiger partial charge in [-0.1, -0.05) is 54.6 Å². The summed E-state index contributed by atoms with van der Waals surface area (Å²) >= 11 is 1.72. The lowest BCUT2D eigenvalue weighted by molar-refractivity contribution is -0.255. The zero-order valence-electron chi connectivity index (χ0n) is 33.7. The van der Waals surface area contributed by atoms with Crippen LogP contribution in [-0.4, -0.2) is 144 Å². The van der Waals surface area contributed by atoms with Crippen molar-refractivity contribution < 1.29 is 73.7 Å². The third kappa shape index (κ3) is 7.54. The number of carbonyl (C=O) groups is 1. The second-order valence-corrected chi connectivity index (χ2v) is 18.2. The monoisotopic (exact) mass is 879 g/mol. The molecule has 8 N–H and O–H groups in total. The quantitative estimate of drug-likeness (QED) is 0.0698. The van der Waals surface area contributed by atoms with Crippen LogP contribution in [0.1, 0.15) is 42.7 Å². The van der Waals surface area contributed by atoms with Gasteiger partial charge in [-0.3, -0.25) is 0 Å². The number of thioether (sulfide) groups is 1. The van der Waals surface area contributed by atoms with Gasteiger partial charge in [0.2, 0.25) is 6.29 Å². The molecule has 0 aromatic heterocycles. The maximum Gasteiger partial charge on any atom is 0.336 e. The van der Waals surface area contributed by atoms with Crippen LogP contribution in [0, 0.1) is 17.7 Å². The first kappa shape index (κ1) is 43.3. The number of para-hydroxylation sites is 1. The Kier molecular flexibility index (Phi) is 11.8. The van der Waals surface area contributed by atoms with Crippen LogP contribution in [-0.2, 0) is 28.5 Å². The number of carboxylic acid groups (broad SMARTS) is 1. The van der Waals surface area contributed by atoms with Crippen molar-refractivity contribution in [2.75, 3.05) is 23.9 Å². The first-order valence-electron chi connectivity index (χ1n) is 20.6. The molecule has 62 heavy (non-hydrogen) atoms. The van der Waals surface area contributed by atoms with Crippen molar-refractivity contribution in [2.24, 2.45) is 11.8 Å². The Balaban J connectivity index is 1.06. The minimum atomic E-state index is -2.19. The number of benzene rings is 3. The van der Waals surface area contributed by atoms with E-state index in [1.54, 1.807) is 54.2 Å². The largest absolute Gasteiger partial charge is 0.479 e. The van der Waals surface area contributed by atoms with Gasteiger partial charge in [-0.05, 0) is 72.0 Å². The van der Waals surface area contributed by atoms with Gasteiger partial charge in [0, 0.05) is 17.4 Å². The number of carboxylic acids is 1. The number of fused-ring (bicyclic) bond motifs is 2. The van der Waals surface area contributed by atoms with Gasteiger partial charge in [-0.2, -0.15) is 11.8 Å². The van der Waals surface area contributed by atoms with E-state index in [1.165, 1.54) is 12.1 Å². The van der Waals surface area contributed by atoms with E-state index in [2.05, 4.69) is 4.90 Å². The molecular formula is C45H50FNO14S. The highest BCUT2D eigenvalue weighted by atomic mass is 32.2. The fourth-order valence-corrected chi connectivity index (χ4v) is 11.1. The Morgan fingerprint density at radius 1 is 0.887 bits per heavy atom. The molecule has 332 valence electrons. The summed E-state index contributed by atoms with van der Waals surface area (Å²) in [7, 11) is 0. The average molecular weight is 880 g/mol. The molecule has 5 heterocycles. The standard InChI is InChI=1S/C45H50FNO14S/c1-20(22-8-10-24(11-9-22)37-35(52)34(51)32(49)29(17-48)58-37)16-28(59-44-33(50)30-40(53)45(30,56)41(61-44)43(54)55)21(2)31-39(38-42(60-38)47(31)27-6-4-3-5-7-27)62-19-25-18-57-36(25)23-12-14-26(46)15-13-23/h3-16,25,29-42,44,48-53,56H,17-19H2,1-2H3,(H,54,55)/b20-16+,28-21-/t25?,29-,30?,31-,32-,33?,34+,35-,36?,37?,38?,39-,40?,41?,42?,44-,45-/m1/s1. The second-order valence-electron chi connectivity index (χ2n) is 17.0. The van der Waals surface area contributed by atoms with Crippen molar-refractivity contribution in [1.82, 2.24) is 0 Å². The Labute approximate surface area is 360 Å². The molecule has 9 unspecified atom stereocenters. The normalized spacial score (nSPS) is 40.2. The molecule has 3 aromatic rings. The molecule has 17 heteroatoms. The lowest BCUT2D eigenvalue weighted by Gasteiger charge is -2.40. The number of epoxide rings is 1. The summed E-state index contributed by atoms with van der Waals surface area (Å²) < 4.78 is 44.0. The zero-order valence-corrected chi connectivity index (χ0v) is 34.5. The molecule has 0 radical (unpaired) electrons. The van der Waals surface area contributed by atoms with Crippen LogP contribution in [0.4, 0.5) is 10.1 Å². The molecule has 1 saturated carbocycles. The van der Waals surface area contributed by atoms with Gasteiger partial charge >= 0.3 is 5.97 Å². The molecule has 6 aliphatic rings. The number of aliphatic hydroxyl groups excluding tert-OH is 6. The van der Waals surface area contributed by atoms with Crippen LogP contribution in [0.15, 0.2) is 96.3 Å². The maximum absolute atomic E-state index is 13.7. The SMILES string of the molecule is C/C(=C(\C=C(/C)c1ccc(C2O[C@H](CO)[C@@H](O)[C@H](O)[C@H]2O)cc1)O[C@@H]1OC(C(=O)O)[C@]2(O)C(O)C2C1O)[C@@H]1[C@@H](SCC2COC2c2ccc(F)cc2)C2OC2N1c1ccccc1. The van der Waals surface area contributed by atoms with Crippen molar-refractivity contribution in [3.05, 3.63) is 119 Å². The number of ether oxygens (including phenoxy) is 5. The number of aliphatic hydroxyl groups is 7. The smallest absolute Gasteiger partial charge is 0.336 e. The predicted octanol–water partition coefficient (Wildman–Crippen LogP) is 2.03. The highest BCUT2D eigenvalue weighted by Crippen LogP contribution is 2.55. The topological polar surface area (TPSA) is 232 Å². The molecule has 0 spiro atoms. The lowest BCUT2D eigenvalue weighted by atomic mass is 9.90. The van der Waals surface area contributed by atoms with Crippen molar-refractivity contribution >= 4 is 29.0 Å². The van der Waals surface area contributed by atoms with Crippen molar-refractivity contribution in [3.8, 4) is 0 Å². The minimum Gasteiger partial charge on any atom is -0.479 e. The molecule has 1 aliphatic carbocycles. The molecule has 0 bridgehead atoms. The summed E-state index contributed by atoms with van der Waals surface area (Å²) in [6.07, 6.45) is -12.2. The molecule has 5 saturated heterocycles. The van der Waals surface area contributed by atoms with Crippen molar-refractivity contribution in [1.29, 1.82) is 0 Å². The van der Waals surface area contributed by atoms with E-state index in [0.717, 1.165) is 11.3 Å². The van der Waals surface area contributed by atoms with Crippen molar-refractivity contribution in [3.63, 3.8) is 0 Å². The number of rotatable bonds is 13. The van der Waals surface area contributed by atoms with Crippen LogP contribution in [0.2, 0.25) is 0 Å². The van der Waals surface area contributed by atoms with E-state index in [0.29, 0.717) is 34.6 Å². The van der Waals surface area contributed by atoms with Gasteiger partial charge in [0.25, 0.3) is 0 Å². The Bertz CT molecular complexity index is 2180. The number of nitrogens with zero attached hydrogens (tertiary/aromatic N) is 1. The summed E-state index contributed by atoms with van der Waals surface area (Å²) in [5.74, 6) is -2.01. The Morgan fingerprint density at radius 2 is 1.56 bits per heavy atom. The summed E-state index contributed by atoms with van der Waals surface area (Å²) in [6, 6.07) is 22.6. The van der Waals surface area contributed by atoms with E-state index in [-0.39, 0.29) is 47.2 Å². The number of allylic oxidation sites excluding steroid dienone is 2. The van der Waals surface area contributed by atoms with Crippen LogP contribution >= 0.6 is 11.8 Å². The second kappa shape index (κ2) is 16.9. The van der Waals surface area contributed by atoms with E-state index < -0.39 is 79.2 Å². The van der Waals surface area contributed by atoms with Gasteiger partial charge in [0.15, 0.2) is 12.3 Å². The molecule has 9 rings (SSSR count). The van der Waals surface area contributed by atoms with Crippen LogP contribution < -0.4 is 4.90 Å². The molecular weight excluding hydrogens is 830 g/mol. The number of anilines is 1. The first-order valence-corrected chi connectivity index (χ1v) is 21.7. The predicted molar refractivity (Wildman–Crippen MR) is 220 cm³/mol. The lowest BCUT2D eigenvalue weighted by Crippen LogP contribution is -2.55. The zero-order chi connectivity index (χ0) is 43.8. The van der Waals surface area contributed by atoms with Gasteiger partial charge in [0.1, 0.15) is 59.9 Å². The molecule has 6 fully saturated rings. The Morgan fingerprint density at radius 3 is 2.21 bits per heavy atom. The summed E-state index contributed by atoms with van der Waals surface area (Å²) in [5.41, 5.74) is 2.12. The number of hydrogen-bond donors (Lipinski definition) is 8. The van der Waals surface area contributed by atoms with Gasteiger partial charge in [-0.25, -0.2) is 9.18 Å². The number of halogens is 1. The van der Waals surface area contributed by atoms with Gasteiger partial charge in [0.05, 0.1) is 42.6 Å². The van der Waals surface area contributed by atoms with Crippen LogP contribution in [0.5, 0.6) is 0 Å². The van der Waals surface area contributed by atoms with Gasteiger partial charge < -0.3 is 69.4 Å². The first-order chi connectivity index (χ1) is 29.7. The summed E-state index contributed by atoms with van der Waals surface area (Å²) in [5, 5.41) is 84.0. The fraction of sp³-hybridized carbons (Fsp3) is 0.489. The van der Waals surface area contributed by atoms with E-state index in [4.69, 9.17) is 23.7 Å². The average Bonchev–Trinajstić information content (AvgIpc) is 4.13. The molecule has 5 aliphatic heterocycles. The van der Waals surface area contributed by atoms with Crippen molar-refractivity contribution in [2.45, 2.75) is 104 Å². The number of aliphatic carboxylic acids is 1. The molecule has 0 amide bonds. The Hall–Kier alpha value is -3.95. The highest BCUT2D eigenvalue weighted by molar-refractivity contribution is 8.00. The molecule has 15 nitrogen and oxygen atoms in total. The van der Waals surface area contributed by atoms with Gasteiger partial charge in [-0.15, -0.1) is 0 Å². The number of hydrogen-bond acceptors (Lipinski definition) is 15. The maximum atomic E-state index is 13.7. The fourth-order valence-electron chi connectivity index (χ4n) is 9.49. The third-order valence-corrected chi connectivity index (χ3v) is 14.7. The molecule has 3 aromatic carbocycles. The summed E-state index contributed by atoms with van der Waals surface area (Å²) in [4.78, 5) is 14.5. The van der Waals surface area contributed by atoms with E-state index >= 15 is 0 Å². The van der Waals surface area contributed by atoms with E-state index in [9.17, 15) is 50.0 Å². The third-order valence-electron chi connectivity index (χ3n) is 13.2. The van der Waals surface area contributed by atoms with Crippen LogP contribution in [0.3, 0.4) is 0 Å². The highest BCUT2D eigenvalue weighted by Gasteiger charge is 2.77. The molecule has 17 atom stereocenters. The minimum absolute atomic E-state index is 0.143. The van der Waals surface area contributed by atoms with E-state index in [1.807, 2.05) is 44.2 Å². The van der Waals surface area contributed by atoms with Crippen LogP contribution in [0.25, 0.3) is 5.57 Å².